The van der Waals surface area contributed by atoms with E-state index in [-0.39, 0.29) is 11.3 Å². The first kappa shape index (κ1) is 16.4. The fourth-order valence-electron chi connectivity index (χ4n) is 2.65. The fourth-order valence-corrected chi connectivity index (χ4v) is 4.21. The first-order chi connectivity index (χ1) is 11.4. The maximum Gasteiger partial charge on any atom is 0.255 e. The number of nitrogens with zero attached hydrogens (tertiary/aromatic N) is 1. The largest absolute Gasteiger partial charge is 0.322 e. The molecule has 1 aliphatic rings. The number of carbonyl (C=O) groups is 1. The highest BCUT2D eigenvalue weighted by Gasteiger charge is 2.28. The number of sulfonamides is 1. The van der Waals surface area contributed by atoms with E-state index in [1.54, 1.807) is 18.2 Å². The first-order valence-corrected chi connectivity index (χ1v) is 9.16. The number of carbonyl (C=O) groups excluding carboxylic acids is 1. The zero-order valence-electron chi connectivity index (χ0n) is 13.1. The lowest BCUT2D eigenvalue weighted by atomic mass is 10.1. The van der Waals surface area contributed by atoms with Gasteiger partial charge in [-0.2, -0.15) is 0 Å². The van der Waals surface area contributed by atoms with Crippen LogP contribution in [0.25, 0.3) is 0 Å². The number of amides is 1. The summed E-state index contributed by atoms with van der Waals surface area (Å²) in [6.45, 7) is 2.24. The van der Waals surface area contributed by atoms with Crippen LogP contribution in [0.15, 0.2) is 42.5 Å². The van der Waals surface area contributed by atoms with Crippen molar-refractivity contribution in [2.24, 2.45) is 0 Å². The summed E-state index contributed by atoms with van der Waals surface area (Å²) in [7, 11) is -3.28. The SMILES string of the molecule is Cc1ccc(N2CCCS2(=O)=O)cc1NC(=O)c1cccc(F)c1. The fraction of sp³-hybridized carbons (Fsp3) is 0.235. The van der Waals surface area contributed by atoms with Gasteiger partial charge in [0.25, 0.3) is 5.91 Å². The molecule has 0 radical (unpaired) electrons. The van der Waals surface area contributed by atoms with Gasteiger partial charge in [-0.05, 0) is 49.2 Å². The van der Waals surface area contributed by atoms with Crippen LogP contribution in [0.1, 0.15) is 22.3 Å². The summed E-state index contributed by atoms with van der Waals surface area (Å²) in [5.41, 5.74) is 2.02. The molecule has 2 aromatic rings. The van der Waals surface area contributed by atoms with Crippen molar-refractivity contribution in [2.45, 2.75) is 13.3 Å². The Kier molecular flexibility index (Phi) is 4.28. The summed E-state index contributed by atoms with van der Waals surface area (Å²) in [5, 5.41) is 2.72. The lowest BCUT2D eigenvalue weighted by Gasteiger charge is -2.19. The van der Waals surface area contributed by atoms with Gasteiger partial charge in [0.15, 0.2) is 0 Å². The second kappa shape index (κ2) is 6.24. The standard InChI is InChI=1S/C17H17FN2O3S/c1-12-6-7-15(20-8-3-9-24(20,22)23)11-16(12)19-17(21)13-4-2-5-14(18)10-13/h2,4-7,10-11H,3,8-9H2,1H3,(H,19,21). The van der Waals surface area contributed by atoms with Crippen LogP contribution in [0.3, 0.4) is 0 Å². The summed E-state index contributed by atoms with van der Waals surface area (Å²) in [4.78, 5) is 12.3. The van der Waals surface area contributed by atoms with Crippen LogP contribution < -0.4 is 9.62 Å². The molecule has 1 N–H and O–H groups in total. The highest BCUT2D eigenvalue weighted by molar-refractivity contribution is 7.93. The van der Waals surface area contributed by atoms with Gasteiger partial charge >= 0.3 is 0 Å². The van der Waals surface area contributed by atoms with Gasteiger partial charge in [0.1, 0.15) is 5.82 Å². The predicted octanol–water partition coefficient (Wildman–Crippen LogP) is 2.93. The second-order valence-electron chi connectivity index (χ2n) is 5.71. The zero-order chi connectivity index (χ0) is 17.3. The van der Waals surface area contributed by atoms with E-state index in [2.05, 4.69) is 5.32 Å². The Morgan fingerprint density at radius 3 is 2.67 bits per heavy atom. The first-order valence-electron chi connectivity index (χ1n) is 7.55. The van der Waals surface area contributed by atoms with E-state index in [0.29, 0.717) is 24.3 Å². The maximum absolute atomic E-state index is 13.2. The number of anilines is 2. The molecule has 126 valence electrons. The van der Waals surface area contributed by atoms with Crippen molar-refractivity contribution in [1.29, 1.82) is 0 Å². The van der Waals surface area contributed by atoms with Gasteiger partial charge < -0.3 is 5.32 Å². The van der Waals surface area contributed by atoms with Crippen LogP contribution in [-0.2, 0) is 10.0 Å². The van der Waals surface area contributed by atoms with Crippen molar-refractivity contribution in [3.63, 3.8) is 0 Å². The number of hydrogen-bond donors (Lipinski definition) is 1. The molecule has 0 aliphatic carbocycles. The molecule has 0 spiro atoms. The molecule has 1 heterocycles. The van der Waals surface area contributed by atoms with Crippen LogP contribution in [0.4, 0.5) is 15.8 Å². The molecular weight excluding hydrogens is 331 g/mol. The summed E-state index contributed by atoms with van der Waals surface area (Å²) in [5.74, 6) is -0.804. The average Bonchev–Trinajstić information content (AvgIpc) is 2.89. The van der Waals surface area contributed by atoms with E-state index < -0.39 is 21.7 Å². The van der Waals surface area contributed by atoms with Gasteiger partial charge in [-0.1, -0.05) is 12.1 Å². The van der Waals surface area contributed by atoms with Gasteiger partial charge in [-0.25, -0.2) is 12.8 Å². The minimum absolute atomic E-state index is 0.131. The third-order valence-corrected chi connectivity index (χ3v) is 5.81. The van der Waals surface area contributed by atoms with Gasteiger partial charge in [0.2, 0.25) is 10.0 Å². The van der Waals surface area contributed by atoms with Crippen LogP contribution in [-0.4, -0.2) is 26.6 Å². The molecule has 7 heteroatoms. The third kappa shape index (κ3) is 3.26. The monoisotopic (exact) mass is 348 g/mol. The molecule has 0 aromatic heterocycles. The minimum atomic E-state index is -3.28. The Hall–Kier alpha value is -2.41. The zero-order valence-corrected chi connectivity index (χ0v) is 13.9. The molecule has 1 amide bonds. The van der Waals surface area contributed by atoms with Crippen molar-refractivity contribution in [1.82, 2.24) is 0 Å². The number of hydrogen-bond acceptors (Lipinski definition) is 3. The Balaban J connectivity index is 1.88. The van der Waals surface area contributed by atoms with E-state index in [0.717, 1.165) is 11.6 Å². The summed E-state index contributed by atoms with van der Waals surface area (Å²) in [6, 6.07) is 10.5. The van der Waals surface area contributed by atoms with Crippen LogP contribution >= 0.6 is 0 Å². The molecule has 0 atom stereocenters. The topological polar surface area (TPSA) is 66.5 Å². The summed E-state index contributed by atoms with van der Waals surface area (Å²) >= 11 is 0. The minimum Gasteiger partial charge on any atom is -0.322 e. The van der Waals surface area contributed by atoms with E-state index in [9.17, 15) is 17.6 Å². The lowest BCUT2D eigenvalue weighted by Crippen LogP contribution is -2.25. The Bertz CT molecular complexity index is 896. The van der Waals surface area contributed by atoms with Crippen molar-refractivity contribution in [3.8, 4) is 0 Å². The number of nitrogens with one attached hydrogen (secondary N) is 1. The Morgan fingerprint density at radius 2 is 2.00 bits per heavy atom. The van der Waals surface area contributed by atoms with Crippen LogP contribution in [0.5, 0.6) is 0 Å². The number of benzene rings is 2. The van der Waals surface area contributed by atoms with Gasteiger partial charge in [-0.3, -0.25) is 9.10 Å². The number of aryl methyl sites for hydroxylation is 1. The Morgan fingerprint density at radius 1 is 1.21 bits per heavy atom. The van der Waals surface area contributed by atoms with Crippen molar-refractivity contribution >= 4 is 27.3 Å². The smallest absolute Gasteiger partial charge is 0.255 e. The van der Waals surface area contributed by atoms with E-state index in [4.69, 9.17) is 0 Å². The molecule has 3 rings (SSSR count). The quantitative estimate of drug-likeness (QED) is 0.927. The lowest BCUT2D eigenvalue weighted by molar-refractivity contribution is 0.102. The summed E-state index contributed by atoms with van der Waals surface area (Å²) < 4.78 is 38.7. The molecule has 0 saturated carbocycles. The number of halogens is 1. The summed E-state index contributed by atoms with van der Waals surface area (Å²) in [6.07, 6.45) is 0.585. The molecule has 2 aromatic carbocycles. The van der Waals surface area contributed by atoms with Crippen molar-refractivity contribution in [3.05, 3.63) is 59.4 Å². The molecule has 1 fully saturated rings. The van der Waals surface area contributed by atoms with Crippen LogP contribution in [0.2, 0.25) is 0 Å². The molecule has 0 unspecified atom stereocenters. The van der Waals surface area contributed by atoms with E-state index >= 15 is 0 Å². The predicted molar refractivity (Wildman–Crippen MR) is 91.3 cm³/mol. The van der Waals surface area contributed by atoms with Crippen molar-refractivity contribution < 1.29 is 17.6 Å². The highest BCUT2D eigenvalue weighted by Crippen LogP contribution is 2.28. The second-order valence-corrected chi connectivity index (χ2v) is 7.72. The van der Waals surface area contributed by atoms with Crippen LogP contribution in [0, 0.1) is 12.7 Å². The molecule has 5 nitrogen and oxygen atoms in total. The molecule has 1 saturated heterocycles. The molecule has 0 bridgehead atoms. The maximum atomic E-state index is 13.2. The number of rotatable bonds is 3. The molecule has 1 aliphatic heterocycles. The van der Waals surface area contributed by atoms with Crippen molar-refractivity contribution in [2.75, 3.05) is 21.9 Å². The normalized spacial score (nSPS) is 16.2. The Labute approximate surface area is 140 Å². The molecular formula is C17H17FN2O3S. The van der Waals surface area contributed by atoms with E-state index in [1.807, 2.05) is 6.92 Å². The van der Waals surface area contributed by atoms with E-state index in [1.165, 1.54) is 22.5 Å². The third-order valence-electron chi connectivity index (χ3n) is 3.94. The average molecular weight is 348 g/mol. The van der Waals surface area contributed by atoms with Gasteiger partial charge in [-0.15, -0.1) is 0 Å². The van der Waals surface area contributed by atoms with Gasteiger partial charge in [0, 0.05) is 17.8 Å². The highest BCUT2D eigenvalue weighted by atomic mass is 32.2. The molecule has 24 heavy (non-hydrogen) atoms. The van der Waals surface area contributed by atoms with Gasteiger partial charge in [0.05, 0.1) is 11.4 Å².